The van der Waals surface area contributed by atoms with Crippen molar-refractivity contribution in [2.45, 2.75) is 18.2 Å². The summed E-state index contributed by atoms with van der Waals surface area (Å²) < 4.78 is 52.2. The number of methoxy groups -OCH3 is 2. The van der Waals surface area contributed by atoms with Gasteiger partial charge in [-0.15, -0.1) is 0 Å². The number of halogens is 2. The van der Waals surface area contributed by atoms with E-state index in [4.69, 9.17) is 21.1 Å². The third kappa shape index (κ3) is 5.94. The maximum atomic E-state index is 14.4. The van der Waals surface area contributed by atoms with E-state index in [-0.39, 0.29) is 35.5 Å². The molecule has 0 unspecified atom stereocenters. The molecule has 0 atom stereocenters. The molecule has 11 heteroatoms. The third-order valence-corrected chi connectivity index (χ3v) is 7.75. The minimum absolute atomic E-state index is 0.0808. The van der Waals surface area contributed by atoms with E-state index in [1.807, 2.05) is 4.90 Å². The lowest BCUT2D eigenvalue weighted by atomic mass is 10.2. The van der Waals surface area contributed by atoms with Gasteiger partial charge in [-0.2, -0.15) is 4.31 Å². The standard InChI is InChI=1S/C22H27ClFN3O5S/c1-15-11-21(18(24)13-17(15)23)33(29,30)27-8-4-7-26(9-10-27)14-22(28)25-19-6-5-16(31-2)12-20(19)32-3/h5-6,11-13H,4,7-10,14H2,1-3H3,(H,25,28). The van der Waals surface area contributed by atoms with Crippen molar-refractivity contribution < 1.29 is 27.1 Å². The molecule has 0 radical (unpaired) electrons. The van der Waals surface area contributed by atoms with Crippen LogP contribution in [0.3, 0.4) is 0 Å². The van der Waals surface area contributed by atoms with E-state index >= 15 is 0 Å². The average molecular weight is 500 g/mol. The second-order valence-corrected chi connectivity index (χ2v) is 9.99. The maximum absolute atomic E-state index is 14.4. The molecule has 2 aromatic rings. The molecule has 1 fully saturated rings. The molecular formula is C22H27ClFN3O5S. The molecule has 1 N–H and O–H groups in total. The highest BCUT2D eigenvalue weighted by Gasteiger charge is 2.30. The fourth-order valence-corrected chi connectivity index (χ4v) is 5.36. The van der Waals surface area contributed by atoms with Gasteiger partial charge in [-0.25, -0.2) is 12.8 Å². The van der Waals surface area contributed by atoms with Gasteiger partial charge in [0.1, 0.15) is 22.2 Å². The second kappa shape index (κ2) is 10.7. The van der Waals surface area contributed by atoms with E-state index in [2.05, 4.69) is 5.32 Å². The molecule has 0 aromatic heterocycles. The number of hydrogen-bond donors (Lipinski definition) is 1. The van der Waals surface area contributed by atoms with Crippen molar-refractivity contribution in [3.05, 3.63) is 46.7 Å². The summed E-state index contributed by atoms with van der Waals surface area (Å²) in [7, 11) is -0.988. The van der Waals surface area contributed by atoms with E-state index < -0.39 is 15.8 Å². The Hall–Kier alpha value is -2.40. The first kappa shape index (κ1) is 25.2. The predicted octanol–water partition coefficient (Wildman–Crippen LogP) is 3.14. The number of nitrogens with zero attached hydrogens (tertiary/aromatic N) is 2. The minimum Gasteiger partial charge on any atom is -0.497 e. The van der Waals surface area contributed by atoms with Crippen LogP contribution in [-0.4, -0.2) is 70.5 Å². The fraction of sp³-hybridized carbons (Fsp3) is 0.409. The van der Waals surface area contributed by atoms with Crippen LogP contribution in [0.2, 0.25) is 5.02 Å². The molecule has 1 heterocycles. The highest BCUT2D eigenvalue weighted by atomic mass is 35.5. The SMILES string of the molecule is COc1ccc(NC(=O)CN2CCCN(S(=O)(=O)c3cc(C)c(Cl)cc3F)CC2)c(OC)c1. The summed E-state index contributed by atoms with van der Waals surface area (Å²) in [4.78, 5) is 14.1. The van der Waals surface area contributed by atoms with Gasteiger partial charge < -0.3 is 14.8 Å². The Labute approximate surface area is 198 Å². The van der Waals surface area contributed by atoms with Crippen molar-refractivity contribution in [1.29, 1.82) is 0 Å². The Morgan fingerprint density at radius 2 is 1.88 bits per heavy atom. The number of nitrogens with one attached hydrogen (secondary N) is 1. The molecule has 1 aliphatic heterocycles. The number of carbonyl (C=O) groups excluding carboxylic acids is 1. The predicted molar refractivity (Wildman–Crippen MR) is 124 cm³/mol. The van der Waals surface area contributed by atoms with E-state index in [0.717, 1.165) is 6.07 Å². The Morgan fingerprint density at radius 3 is 2.58 bits per heavy atom. The summed E-state index contributed by atoms with van der Waals surface area (Å²) in [6, 6.07) is 7.35. The lowest BCUT2D eigenvalue weighted by Gasteiger charge is -2.22. The minimum atomic E-state index is -4.03. The smallest absolute Gasteiger partial charge is 0.246 e. The maximum Gasteiger partial charge on any atom is 0.246 e. The molecular weight excluding hydrogens is 473 g/mol. The van der Waals surface area contributed by atoms with Crippen molar-refractivity contribution in [2.24, 2.45) is 0 Å². The molecule has 0 spiro atoms. The van der Waals surface area contributed by atoms with Crippen LogP contribution >= 0.6 is 11.6 Å². The number of sulfonamides is 1. The number of rotatable bonds is 7. The molecule has 1 saturated heterocycles. The van der Waals surface area contributed by atoms with E-state index in [1.54, 1.807) is 32.2 Å². The largest absolute Gasteiger partial charge is 0.497 e. The van der Waals surface area contributed by atoms with Crippen LogP contribution in [0, 0.1) is 12.7 Å². The number of carbonyl (C=O) groups is 1. The van der Waals surface area contributed by atoms with Crippen molar-refractivity contribution >= 4 is 33.2 Å². The average Bonchev–Trinajstić information content (AvgIpc) is 3.02. The monoisotopic (exact) mass is 499 g/mol. The summed E-state index contributed by atoms with van der Waals surface area (Å²) >= 11 is 5.90. The highest BCUT2D eigenvalue weighted by Crippen LogP contribution is 2.29. The van der Waals surface area contributed by atoms with Gasteiger partial charge in [0, 0.05) is 30.7 Å². The summed E-state index contributed by atoms with van der Waals surface area (Å²) in [5.41, 5.74) is 0.995. The number of aryl methyl sites for hydroxylation is 1. The molecule has 1 amide bonds. The summed E-state index contributed by atoms with van der Waals surface area (Å²) in [6.07, 6.45) is 0.507. The molecule has 180 valence electrons. The molecule has 0 aliphatic carbocycles. The van der Waals surface area contributed by atoms with Gasteiger partial charge in [0.2, 0.25) is 15.9 Å². The van der Waals surface area contributed by atoms with Crippen LogP contribution in [0.15, 0.2) is 35.2 Å². The number of amides is 1. The van der Waals surface area contributed by atoms with E-state index in [9.17, 15) is 17.6 Å². The van der Waals surface area contributed by atoms with Gasteiger partial charge >= 0.3 is 0 Å². The van der Waals surface area contributed by atoms with Gasteiger partial charge in [0.15, 0.2) is 0 Å². The van der Waals surface area contributed by atoms with E-state index in [0.29, 0.717) is 42.3 Å². The summed E-state index contributed by atoms with van der Waals surface area (Å²) in [5, 5.41) is 2.99. The number of anilines is 1. The van der Waals surface area contributed by atoms with Crippen LogP contribution in [0.5, 0.6) is 11.5 Å². The summed E-state index contributed by atoms with van der Waals surface area (Å²) in [6.45, 7) is 2.94. The molecule has 8 nitrogen and oxygen atoms in total. The molecule has 3 rings (SSSR count). The Balaban J connectivity index is 1.64. The molecule has 0 saturated carbocycles. The Bertz CT molecular complexity index is 1130. The van der Waals surface area contributed by atoms with Crippen LogP contribution in [0.1, 0.15) is 12.0 Å². The van der Waals surface area contributed by atoms with Gasteiger partial charge in [-0.1, -0.05) is 11.6 Å². The lowest BCUT2D eigenvalue weighted by Crippen LogP contribution is -2.38. The van der Waals surface area contributed by atoms with Gasteiger partial charge in [-0.3, -0.25) is 9.69 Å². The summed E-state index contributed by atoms with van der Waals surface area (Å²) in [5.74, 6) is -0.0595. The quantitative estimate of drug-likeness (QED) is 0.629. The zero-order valence-electron chi connectivity index (χ0n) is 18.7. The van der Waals surface area contributed by atoms with Crippen molar-refractivity contribution in [3.63, 3.8) is 0 Å². The fourth-order valence-electron chi connectivity index (χ4n) is 3.61. The zero-order chi connectivity index (χ0) is 24.2. The number of ether oxygens (including phenoxy) is 2. The Kier molecular flexibility index (Phi) is 8.17. The normalized spacial score (nSPS) is 15.7. The molecule has 33 heavy (non-hydrogen) atoms. The first-order valence-corrected chi connectivity index (χ1v) is 12.2. The van der Waals surface area contributed by atoms with Crippen molar-refractivity contribution in [1.82, 2.24) is 9.21 Å². The first-order chi connectivity index (χ1) is 15.6. The third-order valence-electron chi connectivity index (χ3n) is 5.43. The topological polar surface area (TPSA) is 88.2 Å². The van der Waals surface area contributed by atoms with Gasteiger partial charge in [0.25, 0.3) is 0 Å². The van der Waals surface area contributed by atoms with Crippen LogP contribution in [-0.2, 0) is 14.8 Å². The second-order valence-electron chi connectivity index (χ2n) is 7.68. The number of benzene rings is 2. The lowest BCUT2D eigenvalue weighted by molar-refractivity contribution is -0.117. The zero-order valence-corrected chi connectivity index (χ0v) is 20.3. The number of hydrogen-bond acceptors (Lipinski definition) is 6. The van der Waals surface area contributed by atoms with Crippen LogP contribution in [0.4, 0.5) is 10.1 Å². The van der Waals surface area contributed by atoms with Gasteiger partial charge in [0.05, 0.1) is 26.5 Å². The van der Waals surface area contributed by atoms with Crippen LogP contribution in [0.25, 0.3) is 0 Å². The molecule has 2 aromatic carbocycles. The van der Waals surface area contributed by atoms with Crippen LogP contribution < -0.4 is 14.8 Å². The van der Waals surface area contributed by atoms with Crippen molar-refractivity contribution in [3.8, 4) is 11.5 Å². The van der Waals surface area contributed by atoms with E-state index in [1.165, 1.54) is 17.5 Å². The molecule has 0 bridgehead atoms. The van der Waals surface area contributed by atoms with Gasteiger partial charge in [-0.05, 0) is 49.7 Å². The highest BCUT2D eigenvalue weighted by molar-refractivity contribution is 7.89. The first-order valence-electron chi connectivity index (χ1n) is 10.4. The molecule has 1 aliphatic rings. The Morgan fingerprint density at radius 1 is 1.12 bits per heavy atom. The van der Waals surface area contributed by atoms with Crippen molar-refractivity contribution in [2.75, 3.05) is 52.3 Å².